The molecule has 0 aromatic heterocycles. The summed E-state index contributed by atoms with van der Waals surface area (Å²) in [6, 6.07) is 9.30. The van der Waals surface area contributed by atoms with Crippen LogP contribution in [0.2, 0.25) is 5.02 Å². The van der Waals surface area contributed by atoms with Crippen LogP contribution in [0.1, 0.15) is 51.1 Å². The van der Waals surface area contributed by atoms with Crippen LogP contribution in [0.15, 0.2) is 24.3 Å². The standard InChI is InChI=1S/C15H22ClN/c1-3-12-4-9-15(10-12)17-11(2)13-5-7-14(16)8-6-13/h5-8,11-12,15,17H,3-4,9-10H2,1-2H3/t11-,12?,15?/m1/s1. The molecule has 2 rings (SSSR count). The average Bonchev–Trinajstić information content (AvgIpc) is 2.77. The molecule has 1 saturated carbocycles. The van der Waals surface area contributed by atoms with Crippen molar-refractivity contribution in [3.63, 3.8) is 0 Å². The van der Waals surface area contributed by atoms with Crippen molar-refractivity contribution in [1.29, 1.82) is 0 Å². The summed E-state index contributed by atoms with van der Waals surface area (Å²) in [7, 11) is 0. The third kappa shape index (κ3) is 3.46. The molecular weight excluding hydrogens is 230 g/mol. The van der Waals surface area contributed by atoms with E-state index in [1.54, 1.807) is 0 Å². The second kappa shape index (κ2) is 5.88. The highest BCUT2D eigenvalue weighted by Gasteiger charge is 2.24. The number of halogens is 1. The molecule has 2 unspecified atom stereocenters. The van der Waals surface area contributed by atoms with E-state index in [9.17, 15) is 0 Å². The Bertz CT molecular complexity index is 346. The molecule has 1 aromatic rings. The van der Waals surface area contributed by atoms with Gasteiger partial charge in [-0.1, -0.05) is 37.1 Å². The molecule has 1 aliphatic carbocycles. The molecular formula is C15H22ClN. The fourth-order valence-electron chi connectivity index (χ4n) is 2.80. The van der Waals surface area contributed by atoms with Crippen LogP contribution >= 0.6 is 11.6 Å². The molecule has 0 saturated heterocycles. The molecule has 3 atom stereocenters. The topological polar surface area (TPSA) is 12.0 Å². The van der Waals surface area contributed by atoms with Crippen molar-refractivity contribution >= 4 is 11.6 Å². The van der Waals surface area contributed by atoms with Crippen LogP contribution in [0.5, 0.6) is 0 Å². The molecule has 2 heteroatoms. The van der Waals surface area contributed by atoms with Crippen LogP contribution in [0.3, 0.4) is 0 Å². The Labute approximate surface area is 110 Å². The Kier molecular flexibility index (Phi) is 4.47. The Morgan fingerprint density at radius 2 is 2.00 bits per heavy atom. The smallest absolute Gasteiger partial charge is 0.0406 e. The maximum Gasteiger partial charge on any atom is 0.0406 e. The van der Waals surface area contributed by atoms with Crippen LogP contribution in [0, 0.1) is 5.92 Å². The van der Waals surface area contributed by atoms with Crippen LogP contribution in [0.4, 0.5) is 0 Å². The van der Waals surface area contributed by atoms with E-state index in [0.29, 0.717) is 12.1 Å². The summed E-state index contributed by atoms with van der Waals surface area (Å²) in [5.74, 6) is 0.935. The van der Waals surface area contributed by atoms with Gasteiger partial charge >= 0.3 is 0 Å². The summed E-state index contributed by atoms with van der Waals surface area (Å²) in [6.45, 7) is 4.54. The zero-order chi connectivity index (χ0) is 12.3. The maximum atomic E-state index is 5.90. The second-order valence-corrected chi connectivity index (χ2v) is 5.66. The molecule has 0 radical (unpaired) electrons. The molecule has 1 fully saturated rings. The monoisotopic (exact) mass is 251 g/mol. The number of hydrogen-bond donors (Lipinski definition) is 1. The van der Waals surface area contributed by atoms with Gasteiger partial charge in [-0.25, -0.2) is 0 Å². The van der Waals surface area contributed by atoms with Gasteiger partial charge in [0.2, 0.25) is 0 Å². The van der Waals surface area contributed by atoms with Crippen molar-refractivity contribution < 1.29 is 0 Å². The predicted molar refractivity (Wildman–Crippen MR) is 74.4 cm³/mol. The van der Waals surface area contributed by atoms with Crippen molar-refractivity contribution in [2.75, 3.05) is 0 Å². The van der Waals surface area contributed by atoms with E-state index in [1.807, 2.05) is 12.1 Å². The zero-order valence-electron chi connectivity index (χ0n) is 10.7. The quantitative estimate of drug-likeness (QED) is 0.827. The van der Waals surface area contributed by atoms with Gasteiger partial charge in [0.1, 0.15) is 0 Å². The first kappa shape index (κ1) is 12.9. The molecule has 0 amide bonds. The Morgan fingerprint density at radius 3 is 2.59 bits per heavy atom. The van der Waals surface area contributed by atoms with Gasteiger partial charge in [-0.05, 0) is 49.8 Å². The van der Waals surface area contributed by atoms with Crippen LogP contribution in [0.25, 0.3) is 0 Å². The Hall–Kier alpha value is -0.530. The average molecular weight is 252 g/mol. The van der Waals surface area contributed by atoms with Crippen molar-refractivity contribution in [3.05, 3.63) is 34.9 Å². The highest BCUT2D eigenvalue weighted by atomic mass is 35.5. The summed E-state index contributed by atoms with van der Waals surface area (Å²) in [6.07, 6.45) is 5.39. The van der Waals surface area contributed by atoms with E-state index in [0.717, 1.165) is 10.9 Å². The fraction of sp³-hybridized carbons (Fsp3) is 0.600. The van der Waals surface area contributed by atoms with Gasteiger partial charge in [-0.2, -0.15) is 0 Å². The van der Waals surface area contributed by atoms with Gasteiger partial charge in [0, 0.05) is 17.1 Å². The normalized spacial score (nSPS) is 26.1. The molecule has 17 heavy (non-hydrogen) atoms. The molecule has 94 valence electrons. The lowest BCUT2D eigenvalue weighted by molar-refractivity contribution is 0.437. The van der Waals surface area contributed by atoms with Crippen LogP contribution < -0.4 is 5.32 Å². The van der Waals surface area contributed by atoms with Gasteiger partial charge in [0.25, 0.3) is 0 Å². The molecule has 0 spiro atoms. The number of benzene rings is 1. The molecule has 0 bridgehead atoms. The van der Waals surface area contributed by atoms with Crippen molar-refractivity contribution in [2.24, 2.45) is 5.92 Å². The summed E-state index contributed by atoms with van der Waals surface area (Å²) >= 11 is 5.90. The van der Waals surface area contributed by atoms with Crippen LogP contribution in [-0.2, 0) is 0 Å². The molecule has 1 N–H and O–H groups in total. The lowest BCUT2D eigenvalue weighted by Crippen LogP contribution is -2.29. The van der Waals surface area contributed by atoms with E-state index in [1.165, 1.54) is 31.2 Å². The lowest BCUT2D eigenvalue weighted by Gasteiger charge is -2.20. The van der Waals surface area contributed by atoms with Gasteiger partial charge in [0.05, 0.1) is 0 Å². The minimum atomic E-state index is 0.424. The summed E-state index contributed by atoms with van der Waals surface area (Å²) in [4.78, 5) is 0. The third-order valence-corrected chi connectivity index (χ3v) is 4.23. The van der Waals surface area contributed by atoms with E-state index < -0.39 is 0 Å². The first-order valence-corrected chi connectivity index (χ1v) is 7.08. The van der Waals surface area contributed by atoms with Crippen LogP contribution in [-0.4, -0.2) is 6.04 Å². The first-order chi connectivity index (χ1) is 8.19. The zero-order valence-corrected chi connectivity index (χ0v) is 11.5. The van der Waals surface area contributed by atoms with Gasteiger partial charge in [0.15, 0.2) is 0 Å². The second-order valence-electron chi connectivity index (χ2n) is 5.22. The lowest BCUT2D eigenvalue weighted by atomic mass is 10.0. The summed E-state index contributed by atoms with van der Waals surface area (Å²) in [5, 5.41) is 4.55. The molecule has 0 aliphatic heterocycles. The van der Waals surface area contributed by atoms with E-state index >= 15 is 0 Å². The number of hydrogen-bond acceptors (Lipinski definition) is 1. The van der Waals surface area contributed by atoms with E-state index in [2.05, 4.69) is 31.3 Å². The SMILES string of the molecule is CCC1CCC(N[C@H](C)c2ccc(Cl)cc2)C1. The van der Waals surface area contributed by atoms with Crippen molar-refractivity contribution in [2.45, 2.75) is 51.6 Å². The molecule has 0 heterocycles. The van der Waals surface area contributed by atoms with E-state index in [-0.39, 0.29) is 0 Å². The molecule has 1 aliphatic rings. The highest BCUT2D eigenvalue weighted by Crippen LogP contribution is 2.29. The summed E-state index contributed by atoms with van der Waals surface area (Å²) < 4.78 is 0. The maximum absolute atomic E-state index is 5.90. The third-order valence-electron chi connectivity index (χ3n) is 3.97. The van der Waals surface area contributed by atoms with Gasteiger partial charge < -0.3 is 5.32 Å². The fourth-order valence-corrected chi connectivity index (χ4v) is 2.92. The minimum Gasteiger partial charge on any atom is -0.307 e. The van der Waals surface area contributed by atoms with Gasteiger partial charge in [-0.3, -0.25) is 0 Å². The highest BCUT2D eigenvalue weighted by molar-refractivity contribution is 6.30. The molecule has 1 aromatic carbocycles. The predicted octanol–water partition coefficient (Wildman–Crippen LogP) is 4.57. The first-order valence-electron chi connectivity index (χ1n) is 6.70. The minimum absolute atomic E-state index is 0.424. The Balaban J connectivity index is 1.89. The van der Waals surface area contributed by atoms with Crippen molar-refractivity contribution in [3.8, 4) is 0 Å². The Morgan fingerprint density at radius 1 is 1.29 bits per heavy atom. The number of nitrogens with one attached hydrogen (secondary N) is 1. The van der Waals surface area contributed by atoms with Crippen molar-refractivity contribution in [1.82, 2.24) is 5.32 Å². The number of rotatable bonds is 4. The van der Waals surface area contributed by atoms with E-state index in [4.69, 9.17) is 11.6 Å². The summed E-state index contributed by atoms with van der Waals surface area (Å²) in [5.41, 5.74) is 1.33. The largest absolute Gasteiger partial charge is 0.307 e. The molecule has 1 nitrogen and oxygen atoms in total. The van der Waals surface area contributed by atoms with Gasteiger partial charge in [-0.15, -0.1) is 0 Å².